The second kappa shape index (κ2) is 6.05. The highest BCUT2D eigenvalue weighted by Crippen LogP contribution is 2.28. The van der Waals surface area contributed by atoms with E-state index in [0.717, 1.165) is 6.07 Å². The smallest absolute Gasteiger partial charge is 0.341 e. The van der Waals surface area contributed by atoms with Crippen LogP contribution in [0.5, 0.6) is 0 Å². The first-order valence-corrected chi connectivity index (χ1v) is 8.51. The first-order chi connectivity index (χ1) is 12.0. The SMILES string of the molecule is C[C@@H]1CN(c2nc3c(cc2F)c(=O)c(C(=O)O)cn3C(C)(C)C)C[C@H]1N. The van der Waals surface area contributed by atoms with Gasteiger partial charge in [0.2, 0.25) is 5.43 Å². The minimum absolute atomic E-state index is 0.0439. The van der Waals surface area contributed by atoms with Crippen molar-refractivity contribution in [3.8, 4) is 0 Å². The van der Waals surface area contributed by atoms with Crippen LogP contribution in [0.2, 0.25) is 0 Å². The fourth-order valence-corrected chi connectivity index (χ4v) is 3.26. The van der Waals surface area contributed by atoms with Crippen LogP contribution >= 0.6 is 0 Å². The fraction of sp³-hybridized carbons (Fsp3) is 0.500. The molecule has 1 fully saturated rings. The van der Waals surface area contributed by atoms with Gasteiger partial charge in [-0.05, 0) is 32.8 Å². The second-order valence-corrected chi connectivity index (χ2v) is 7.93. The van der Waals surface area contributed by atoms with E-state index in [1.807, 2.05) is 27.7 Å². The minimum Gasteiger partial charge on any atom is -0.477 e. The molecule has 3 N–H and O–H groups in total. The van der Waals surface area contributed by atoms with Crippen molar-refractivity contribution in [3.05, 3.63) is 33.9 Å². The van der Waals surface area contributed by atoms with E-state index >= 15 is 0 Å². The lowest BCUT2D eigenvalue weighted by Gasteiger charge is -2.26. The highest BCUT2D eigenvalue weighted by molar-refractivity contribution is 5.92. The molecule has 8 heteroatoms. The zero-order valence-corrected chi connectivity index (χ0v) is 15.3. The van der Waals surface area contributed by atoms with E-state index in [1.54, 1.807) is 9.47 Å². The normalized spacial score (nSPS) is 20.8. The van der Waals surface area contributed by atoms with E-state index in [-0.39, 0.29) is 28.8 Å². The molecule has 2 aromatic heterocycles. The Labute approximate surface area is 150 Å². The van der Waals surface area contributed by atoms with Crippen molar-refractivity contribution in [1.29, 1.82) is 0 Å². The number of nitrogens with zero attached hydrogens (tertiary/aromatic N) is 3. The van der Waals surface area contributed by atoms with Crippen molar-refractivity contribution in [1.82, 2.24) is 9.55 Å². The Hall–Kier alpha value is -2.48. The average Bonchev–Trinajstić information content (AvgIpc) is 2.85. The highest BCUT2D eigenvalue weighted by atomic mass is 19.1. The molecule has 2 aromatic rings. The third-order valence-corrected chi connectivity index (χ3v) is 4.84. The number of hydrogen-bond donors (Lipinski definition) is 2. The van der Waals surface area contributed by atoms with E-state index in [9.17, 15) is 19.1 Å². The Morgan fingerprint density at radius 3 is 2.54 bits per heavy atom. The summed E-state index contributed by atoms with van der Waals surface area (Å²) in [5, 5.41) is 9.28. The van der Waals surface area contributed by atoms with Gasteiger partial charge in [-0.25, -0.2) is 14.2 Å². The number of rotatable bonds is 2. The number of fused-ring (bicyclic) bond motifs is 1. The summed E-state index contributed by atoms with van der Waals surface area (Å²) in [4.78, 5) is 30.1. The maximum absolute atomic E-state index is 14.7. The maximum atomic E-state index is 14.7. The molecular weight excluding hydrogens is 339 g/mol. The lowest BCUT2D eigenvalue weighted by molar-refractivity contribution is 0.0694. The molecule has 0 aliphatic carbocycles. The predicted molar refractivity (Wildman–Crippen MR) is 97.3 cm³/mol. The average molecular weight is 362 g/mol. The van der Waals surface area contributed by atoms with Gasteiger partial charge in [-0.3, -0.25) is 4.79 Å². The molecule has 2 atom stereocenters. The maximum Gasteiger partial charge on any atom is 0.341 e. The molecule has 26 heavy (non-hydrogen) atoms. The number of aromatic nitrogens is 2. The first-order valence-electron chi connectivity index (χ1n) is 8.51. The Morgan fingerprint density at radius 2 is 2.04 bits per heavy atom. The number of aromatic carboxylic acids is 1. The molecule has 0 amide bonds. The summed E-state index contributed by atoms with van der Waals surface area (Å²) in [6.45, 7) is 8.63. The molecule has 0 bridgehead atoms. The molecule has 0 aromatic carbocycles. The first kappa shape index (κ1) is 18.3. The number of pyridine rings is 2. The molecule has 1 saturated heterocycles. The van der Waals surface area contributed by atoms with Gasteiger partial charge in [0, 0.05) is 30.9 Å². The summed E-state index contributed by atoms with van der Waals surface area (Å²) in [5.41, 5.74) is 4.60. The lowest BCUT2D eigenvalue weighted by atomic mass is 10.1. The predicted octanol–water partition coefficient (Wildman–Crippen LogP) is 1.77. The largest absolute Gasteiger partial charge is 0.477 e. The number of anilines is 1. The minimum atomic E-state index is -1.35. The van der Waals surface area contributed by atoms with Crippen molar-refractivity contribution in [2.24, 2.45) is 11.7 Å². The Balaban J connectivity index is 2.31. The molecule has 3 heterocycles. The summed E-state index contributed by atoms with van der Waals surface area (Å²) >= 11 is 0. The molecule has 3 rings (SSSR count). The summed E-state index contributed by atoms with van der Waals surface area (Å²) in [5.74, 6) is -1.67. The van der Waals surface area contributed by atoms with Gasteiger partial charge in [-0.15, -0.1) is 0 Å². The van der Waals surface area contributed by atoms with E-state index in [2.05, 4.69) is 4.98 Å². The lowest BCUT2D eigenvalue weighted by Crippen LogP contribution is -2.31. The van der Waals surface area contributed by atoms with Crippen molar-refractivity contribution in [2.75, 3.05) is 18.0 Å². The topological polar surface area (TPSA) is 101 Å². The van der Waals surface area contributed by atoms with Gasteiger partial charge in [0.25, 0.3) is 0 Å². The van der Waals surface area contributed by atoms with Gasteiger partial charge >= 0.3 is 5.97 Å². The van der Waals surface area contributed by atoms with Crippen LogP contribution in [0.15, 0.2) is 17.1 Å². The molecule has 0 radical (unpaired) electrons. The molecule has 0 unspecified atom stereocenters. The van der Waals surface area contributed by atoms with Crippen molar-refractivity contribution in [3.63, 3.8) is 0 Å². The summed E-state index contributed by atoms with van der Waals surface area (Å²) < 4.78 is 16.3. The van der Waals surface area contributed by atoms with Crippen molar-refractivity contribution >= 4 is 22.8 Å². The number of carboxylic acid groups (broad SMARTS) is 1. The van der Waals surface area contributed by atoms with Gasteiger partial charge < -0.3 is 20.3 Å². The van der Waals surface area contributed by atoms with Gasteiger partial charge in [0.15, 0.2) is 11.6 Å². The van der Waals surface area contributed by atoms with Crippen molar-refractivity contribution < 1.29 is 14.3 Å². The molecule has 140 valence electrons. The molecule has 1 aliphatic rings. The van der Waals surface area contributed by atoms with Crippen molar-refractivity contribution in [2.45, 2.75) is 39.3 Å². The zero-order chi connectivity index (χ0) is 19.4. The van der Waals surface area contributed by atoms with Gasteiger partial charge in [0.05, 0.1) is 5.39 Å². The number of halogens is 1. The van der Waals surface area contributed by atoms with E-state index in [1.165, 1.54) is 6.20 Å². The molecule has 0 spiro atoms. The van der Waals surface area contributed by atoms with E-state index in [0.29, 0.717) is 13.1 Å². The molecule has 0 saturated carbocycles. The highest BCUT2D eigenvalue weighted by Gasteiger charge is 2.30. The van der Waals surface area contributed by atoms with Gasteiger partial charge in [-0.1, -0.05) is 6.92 Å². The Bertz CT molecular complexity index is 938. The number of carboxylic acids is 1. The third kappa shape index (κ3) is 2.94. The quantitative estimate of drug-likeness (QED) is 0.844. The van der Waals surface area contributed by atoms with Crippen LogP contribution in [0.3, 0.4) is 0 Å². The van der Waals surface area contributed by atoms with Crippen LogP contribution in [0, 0.1) is 11.7 Å². The molecular formula is C18H23FN4O3. The Morgan fingerprint density at radius 1 is 1.38 bits per heavy atom. The second-order valence-electron chi connectivity index (χ2n) is 7.93. The standard InChI is InChI=1S/C18H23FN4O3/c1-9-6-22(8-13(9)20)16-12(19)5-10-14(24)11(17(25)26)7-23(15(10)21-16)18(2,3)4/h5,7,9,13H,6,8,20H2,1-4H3,(H,25,26)/t9-,13-/m1/s1. The van der Waals surface area contributed by atoms with Crippen LogP contribution in [0.4, 0.5) is 10.2 Å². The van der Waals surface area contributed by atoms with Crippen LogP contribution in [-0.4, -0.2) is 39.8 Å². The summed E-state index contributed by atoms with van der Waals surface area (Å²) in [7, 11) is 0. The summed E-state index contributed by atoms with van der Waals surface area (Å²) in [6, 6.07) is 1.01. The van der Waals surface area contributed by atoms with Gasteiger partial charge in [0.1, 0.15) is 11.2 Å². The molecule has 7 nitrogen and oxygen atoms in total. The van der Waals surface area contributed by atoms with Crippen LogP contribution < -0.4 is 16.1 Å². The molecule has 1 aliphatic heterocycles. The summed E-state index contributed by atoms with van der Waals surface area (Å²) in [6.07, 6.45) is 1.28. The number of nitrogens with two attached hydrogens (primary N) is 1. The van der Waals surface area contributed by atoms with Gasteiger partial charge in [-0.2, -0.15) is 0 Å². The third-order valence-electron chi connectivity index (χ3n) is 4.84. The number of carbonyl (C=O) groups is 1. The Kier molecular flexibility index (Phi) is 4.26. The fourth-order valence-electron chi connectivity index (χ4n) is 3.26. The van der Waals surface area contributed by atoms with E-state index < -0.39 is 28.3 Å². The monoisotopic (exact) mass is 362 g/mol. The van der Waals surface area contributed by atoms with Crippen LogP contribution in [-0.2, 0) is 5.54 Å². The zero-order valence-electron chi connectivity index (χ0n) is 15.3. The van der Waals surface area contributed by atoms with Crippen LogP contribution in [0.25, 0.3) is 11.0 Å². The van der Waals surface area contributed by atoms with E-state index in [4.69, 9.17) is 5.73 Å². The number of hydrogen-bond acceptors (Lipinski definition) is 5. The van der Waals surface area contributed by atoms with Crippen LogP contribution in [0.1, 0.15) is 38.1 Å².